The first kappa shape index (κ1) is 20.5. The van der Waals surface area contributed by atoms with Crippen LogP contribution in [0.1, 0.15) is 18.1 Å². The number of benzene rings is 2. The number of thioether (sulfide) groups is 1. The molecule has 5 nitrogen and oxygen atoms in total. The first-order valence-corrected chi connectivity index (χ1v) is 10.1. The van der Waals surface area contributed by atoms with Gasteiger partial charge in [0.2, 0.25) is 0 Å². The highest BCUT2D eigenvalue weighted by Gasteiger charge is 2.35. The lowest BCUT2D eigenvalue weighted by Crippen LogP contribution is -2.29. The van der Waals surface area contributed by atoms with Crippen LogP contribution in [0.15, 0.2) is 52.4 Å². The lowest BCUT2D eigenvalue weighted by atomic mass is 10.1. The van der Waals surface area contributed by atoms with Crippen molar-refractivity contribution in [1.82, 2.24) is 0 Å². The van der Waals surface area contributed by atoms with Gasteiger partial charge in [-0.15, -0.1) is 0 Å². The third-order valence-corrected chi connectivity index (χ3v) is 5.36. The average Bonchev–Trinajstić information content (AvgIpc) is 2.97. The summed E-state index contributed by atoms with van der Waals surface area (Å²) >= 11 is 7.60. The third kappa shape index (κ3) is 4.41. The van der Waals surface area contributed by atoms with E-state index in [1.54, 1.807) is 23.1 Å². The molecule has 7 heteroatoms. The van der Waals surface area contributed by atoms with Crippen molar-refractivity contribution in [2.45, 2.75) is 13.8 Å². The molecule has 0 aliphatic carbocycles. The van der Waals surface area contributed by atoms with Crippen LogP contribution in [0, 0.1) is 6.92 Å². The second kappa shape index (κ2) is 9.28. The van der Waals surface area contributed by atoms with Crippen molar-refractivity contribution in [3.63, 3.8) is 0 Å². The maximum atomic E-state index is 13.1. The third-order valence-electron chi connectivity index (χ3n) is 4.06. The molecule has 3 rings (SSSR count). The Morgan fingerprint density at radius 3 is 2.75 bits per heavy atom. The summed E-state index contributed by atoms with van der Waals surface area (Å²) in [6.45, 7) is 4.61. The van der Waals surface area contributed by atoms with Gasteiger partial charge in [0, 0.05) is 6.54 Å². The molecule has 1 aliphatic rings. The minimum absolute atomic E-state index is 0.0818. The number of aryl methyl sites for hydroxylation is 1. The first-order valence-electron chi connectivity index (χ1n) is 8.92. The van der Waals surface area contributed by atoms with Crippen molar-refractivity contribution in [1.29, 1.82) is 0 Å². The molecule has 1 amide bonds. The fourth-order valence-corrected chi connectivity index (χ4v) is 4.05. The molecular formula is C21H21ClN2O3S. The van der Waals surface area contributed by atoms with Crippen molar-refractivity contribution in [2.75, 3.05) is 24.7 Å². The van der Waals surface area contributed by atoms with E-state index in [0.29, 0.717) is 27.4 Å². The zero-order valence-corrected chi connectivity index (χ0v) is 17.3. The molecule has 0 spiro atoms. The van der Waals surface area contributed by atoms with E-state index in [0.717, 1.165) is 16.8 Å². The number of nitrogens with zero attached hydrogens (tertiary/aromatic N) is 2. The van der Waals surface area contributed by atoms with E-state index in [1.807, 2.05) is 44.2 Å². The molecule has 0 aromatic heterocycles. The monoisotopic (exact) mass is 416 g/mol. The van der Waals surface area contributed by atoms with E-state index in [9.17, 15) is 4.79 Å². The van der Waals surface area contributed by atoms with Crippen LogP contribution in [0.3, 0.4) is 0 Å². The minimum Gasteiger partial charge on any atom is -0.490 e. The van der Waals surface area contributed by atoms with E-state index < -0.39 is 0 Å². The molecule has 1 fully saturated rings. The number of anilines is 1. The molecule has 0 unspecified atom stereocenters. The maximum Gasteiger partial charge on any atom is 0.271 e. The summed E-state index contributed by atoms with van der Waals surface area (Å²) in [5, 5.41) is 9.96. The summed E-state index contributed by atoms with van der Waals surface area (Å²) < 4.78 is 5.37. The lowest BCUT2D eigenvalue weighted by Gasteiger charge is -2.17. The lowest BCUT2D eigenvalue weighted by molar-refractivity contribution is -0.113. The number of hydrogen-bond acceptors (Lipinski definition) is 5. The van der Waals surface area contributed by atoms with Gasteiger partial charge in [0.15, 0.2) is 5.17 Å². The molecule has 0 atom stereocenters. The van der Waals surface area contributed by atoms with Crippen LogP contribution in [0.2, 0.25) is 5.02 Å². The Hall–Kier alpha value is -2.28. The molecule has 0 saturated carbocycles. The molecule has 2 aromatic carbocycles. The van der Waals surface area contributed by atoms with Crippen LogP contribution in [-0.4, -0.2) is 35.9 Å². The van der Waals surface area contributed by atoms with Gasteiger partial charge >= 0.3 is 0 Å². The van der Waals surface area contributed by atoms with Gasteiger partial charge in [-0.05, 0) is 61.0 Å². The minimum atomic E-state index is -0.108. The van der Waals surface area contributed by atoms with Gasteiger partial charge in [0.05, 0.1) is 22.2 Å². The fourth-order valence-electron chi connectivity index (χ4n) is 2.77. The van der Waals surface area contributed by atoms with E-state index >= 15 is 0 Å². The maximum absolute atomic E-state index is 13.1. The highest BCUT2D eigenvalue weighted by Crippen LogP contribution is 2.37. The summed E-state index contributed by atoms with van der Waals surface area (Å²) in [7, 11) is 0. The summed E-state index contributed by atoms with van der Waals surface area (Å²) in [4.78, 5) is 19.9. The van der Waals surface area contributed by atoms with Gasteiger partial charge in [-0.2, -0.15) is 0 Å². The molecule has 146 valence electrons. The van der Waals surface area contributed by atoms with Crippen LogP contribution in [0.5, 0.6) is 5.75 Å². The zero-order valence-electron chi connectivity index (χ0n) is 15.7. The van der Waals surface area contributed by atoms with E-state index in [2.05, 4.69) is 4.99 Å². The molecule has 1 saturated heterocycles. The average molecular weight is 417 g/mol. The number of aliphatic imine (C=N–C) groups is 1. The molecule has 0 bridgehead atoms. The standard InChI is InChI=1S/C21H21ClN2O3S/c1-3-23-21-24(17-7-5-4-6-14(17)2)20(26)19(28-21)13-15-8-9-18(16(22)12-15)27-11-10-25/h4-9,12-13,25H,3,10-11H2,1-2H3/b19-13-,23-21?. The van der Waals surface area contributed by atoms with Crippen molar-refractivity contribution >= 4 is 46.2 Å². The molecule has 0 radical (unpaired) electrons. The number of ether oxygens (including phenoxy) is 1. The number of halogens is 1. The van der Waals surface area contributed by atoms with Crippen molar-refractivity contribution < 1.29 is 14.6 Å². The Kier molecular flexibility index (Phi) is 6.78. The Morgan fingerprint density at radius 2 is 2.07 bits per heavy atom. The second-order valence-electron chi connectivity index (χ2n) is 6.06. The van der Waals surface area contributed by atoms with Crippen LogP contribution < -0.4 is 9.64 Å². The molecule has 2 aromatic rings. The largest absolute Gasteiger partial charge is 0.490 e. The number of hydrogen-bond donors (Lipinski definition) is 1. The van der Waals surface area contributed by atoms with Gasteiger partial charge in [0.25, 0.3) is 5.91 Å². The summed E-state index contributed by atoms with van der Waals surface area (Å²) in [5.41, 5.74) is 2.64. The number of carbonyl (C=O) groups is 1. The first-order chi connectivity index (χ1) is 13.5. The predicted molar refractivity (Wildman–Crippen MR) is 116 cm³/mol. The van der Waals surface area contributed by atoms with Crippen LogP contribution >= 0.6 is 23.4 Å². The topological polar surface area (TPSA) is 62.1 Å². The van der Waals surface area contributed by atoms with E-state index in [-0.39, 0.29) is 19.1 Å². The number of aliphatic hydroxyl groups excluding tert-OH is 1. The normalized spacial score (nSPS) is 17.0. The Labute approximate surface area is 173 Å². The van der Waals surface area contributed by atoms with E-state index in [1.165, 1.54) is 11.8 Å². The number of para-hydroxylation sites is 1. The Morgan fingerprint density at radius 1 is 1.29 bits per heavy atom. The second-order valence-corrected chi connectivity index (χ2v) is 7.47. The fraction of sp³-hybridized carbons (Fsp3) is 0.238. The van der Waals surface area contributed by atoms with Crippen LogP contribution in [-0.2, 0) is 4.79 Å². The number of rotatable bonds is 6. The number of aliphatic hydroxyl groups is 1. The summed E-state index contributed by atoms with van der Waals surface area (Å²) in [6, 6.07) is 13.1. The van der Waals surface area contributed by atoms with E-state index in [4.69, 9.17) is 21.4 Å². The van der Waals surface area contributed by atoms with Crippen LogP contribution in [0.25, 0.3) is 6.08 Å². The quantitative estimate of drug-likeness (QED) is 0.703. The molecular weight excluding hydrogens is 396 g/mol. The Balaban J connectivity index is 1.93. The van der Waals surface area contributed by atoms with Crippen molar-refractivity contribution in [2.24, 2.45) is 4.99 Å². The SMILES string of the molecule is CCN=C1S/C(=C\c2ccc(OCCO)c(Cl)c2)C(=O)N1c1ccccc1C. The smallest absolute Gasteiger partial charge is 0.271 e. The van der Waals surface area contributed by atoms with Gasteiger partial charge < -0.3 is 9.84 Å². The molecule has 1 aliphatic heterocycles. The predicted octanol–water partition coefficient (Wildman–Crippen LogP) is 4.52. The van der Waals surface area contributed by atoms with Gasteiger partial charge in [0.1, 0.15) is 12.4 Å². The zero-order chi connectivity index (χ0) is 20.1. The van der Waals surface area contributed by atoms with Gasteiger partial charge in [-0.3, -0.25) is 14.7 Å². The Bertz CT molecular complexity index is 943. The number of amides is 1. The molecule has 1 heterocycles. The number of carbonyl (C=O) groups excluding carboxylic acids is 1. The van der Waals surface area contributed by atoms with Crippen molar-refractivity contribution in [3.8, 4) is 5.75 Å². The summed E-state index contributed by atoms with van der Waals surface area (Å²) in [5.74, 6) is 0.390. The highest BCUT2D eigenvalue weighted by molar-refractivity contribution is 8.19. The van der Waals surface area contributed by atoms with Crippen molar-refractivity contribution in [3.05, 3.63) is 63.5 Å². The number of amidine groups is 1. The molecule has 28 heavy (non-hydrogen) atoms. The van der Waals surface area contributed by atoms with Gasteiger partial charge in [-0.25, -0.2) is 0 Å². The highest BCUT2D eigenvalue weighted by atomic mass is 35.5. The van der Waals surface area contributed by atoms with Gasteiger partial charge in [-0.1, -0.05) is 35.9 Å². The molecule has 1 N–H and O–H groups in total. The van der Waals surface area contributed by atoms with Crippen LogP contribution in [0.4, 0.5) is 5.69 Å². The summed E-state index contributed by atoms with van der Waals surface area (Å²) in [6.07, 6.45) is 1.80.